The van der Waals surface area contributed by atoms with Crippen LogP contribution in [0.1, 0.15) is 51.5 Å². The summed E-state index contributed by atoms with van der Waals surface area (Å²) in [6.45, 7) is 5.46. The maximum atomic E-state index is 11.6. The van der Waals surface area contributed by atoms with Crippen molar-refractivity contribution in [1.29, 1.82) is 0 Å². The van der Waals surface area contributed by atoms with Gasteiger partial charge >= 0.3 is 0 Å². The number of ketones is 1. The van der Waals surface area contributed by atoms with Gasteiger partial charge in [0.2, 0.25) is 0 Å². The molecular formula is C24H30N2O4. The van der Waals surface area contributed by atoms with Crippen molar-refractivity contribution < 1.29 is 14.5 Å². The highest BCUT2D eigenvalue weighted by Crippen LogP contribution is 2.36. The van der Waals surface area contributed by atoms with Gasteiger partial charge in [-0.25, -0.2) is 0 Å². The highest BCUT2D eigenvalue weighted by atomic mass is 16.6. The summed E-state index contributed by atoms with van der Waals surface area (Å²) >= 11 is 0. The second-order valence-electron chi connectivity index (χ2n) is 8.07. The minimum atomic E-state index is -0.318. The Morgan fingerprint density at radius 2 is 1.80 bits per heavy atom. The number of benzene rings is 2. The molecule has 0 N–H and O–H groups in total. The van der Waals surface area contributed by atoms with Gasteiger partial charge in [-0.15, -0.1) is 0 Å². The molecule has 30 heavy (non-hydrogen) atoms. The highest BCUT2D eigenvalue weighted by Gasteiger charge is 2.25. The number of nitrogens with zero attached hydrogens (tertiary/aromatic N) is 2. The molecule has 0 aliphatic carbocycles. The summed E-state index contributed by atoms with van der Waals surface area (Å²) in [7, 11) is 0. The van der Waals surface area contributed by atoms with Gasteiger partial charge in [-0.2, -0.15) is 0 Å². The van der Waals surface area contributed by atoms with Gasteiger partial charge in [-0.1, -0.05) is 31.9 Å². The van der Waals surface area contributed by atoms with Gasteiger partial charge in [-0.3, -0.25) is 10.1 Å². The van der Waals surface area contributed by atoms with E-state index in [9.17, 15) is 14.9 Å². The normalized spacial score (nSPS) is 14.5. The third kappa shape index (κ3) is 5.81. The van der Waals surface area contributed by atoms with E-state index in [2.05, 4.69) is 11.8 Å². The second kappa shape index (κ2) is 10.2. The lowest BCUT2D eigenvalue weighted by molar-refractivity contribution is -0.384. The number of hydrogen-bond donors (Lipinski definition) is 0. The molecule has 6 heteroatoms. The number of piperidine rings is 1. The van der Waals surface area contributed by atoms with Crippen LogP contribution >= 0.6 is 0 Å². The first kappa shape index (κ1) is 21.8. The molecule has 1 aliphatic heterocycles. The highest BCUT2D eigenvalue weighted by molar-refractivity contribution is 5.75. The summed E-state index contributed by atoms with van der Waals surface area (Å²) in [4.78, 5) is 24.5. The quantitative estimate of drug-likeness (QED) is 0.379. The van der Waals surface area contributed by atoms with Crippen LogP contribution in [0.5, 0.6) is 11.5 Å². The average Bonchev–Trinajstić information content (AvgIpc) is 2.74. The Hall–Kier alpha value is -2.89. The van der Waals surface area contributed by atoms with Crippen molar-refractivity contribution in [1.82, 2.24) is 0 Å². The van der Waals surface area contributed by atoms with Crippen molar-refractivity contribution in [3.63, 3.8) is 0 Å². The minimum Gasteiger partial charge on any atom is -0.457 e. The van der Waals surface area contributed by atoms with Crippen LogP contribution in [-0.2, 0) is 11.2 Å². The first-order valence-corrected chi connectivity index (χ1v) is 10.8. The second-order valence-corrected chi connectivity index (χ2v) is 8.07. The molecule has 160 valence electrons. The van der Waals surface area contributed by atoms with Crippen molar-refractivity contribution in [2.45, 2.75) is 52.4 Å². The number of nitro benzene ring substituents is 1. The number of nitro groups is 1. The molecule has 1 aliphatic rings. The van der Waals surface area contributed by atoms with Crippen molar-refractivity contribution in [3.8, 4) is 11.5 Å². The summed E-state index contributed by atoms with van der Waals surface area (Å²) < 4.78 is 5.97. The molecule has 1 heterocycles. The number of Topliss-reactive ketones (excluding diaryl/α,β-unsaturated/α-hetero) is 1. The summed E-state index contributed by atoms with van der Waals surface area (Å²) in [5.74, 6) is 2.14. The van der Waals surface area contributed by atoms with Gasteiger partial charge < -0.3 is 14.4 Å². The van der Waals surface area contributed by atoms with E-state index < -0.39 is 0 Å². The summed E-state index contributed by atoms with van der Waals surface area (Å²) in [5.41, 5.74) is 1.83. The third-order valence-electron chi connectivity index (χ3n) is 5.72. The van der Waals surface area contributed by atoms with E-state index in [0.29, 0.717) is 35.9 Å². The molecule has 0 atom stereocenters. The molecule has 0 unspecified atom stereocenters. The average molecular weight is 411 g/mol. The van der Waals surface area contributed by atoms with Crippen molar-refractivity contribution in [3.05, 3.63) is 58.1 Å². The number of carbonyl (C=O) groups is 1. The van der Waals surface area contributed by atoms with Gasteiger partial charge in [0, 0.05) is 31.6 Å². The Balaban J connectivity index is 1.72. The molecule has 1 saturated heterocycles. The predicted molar refractivity (Wildman–Crippen MR) is 118 cm³/mol. The van der Waals surface area contributed by atoms with Crippen LogP contribution in [0.4, 0.5) is 11.4 Å². The SMILES string of the molecule is CCCC1CCN(c2cc(Oc3ccc(CCC(C)=O)cc3)ccc2[N+](=O)[O-])CC1. The Labute approximate surface area is 178 Å². The molecule has 0 saturated carbocycles. The molecule has 2 aromatic rings. The molecule has 0 bridgehead atoms. The van der Waals surface area contributed by atoms with Gasteiger partial charge in [0.1, 0.15) is 23.0 Å². The summed E-state index contributed by atoms with van der Waals surface area (Å²) in [5, 5.41) is 11.6. The molecule has 3 rings (SSSR count). The number of carbonyl (C=O) groups excluding carboxylic acids is 1. The van der Waals surface area contributed by atoms with Gasteiger partial charge in [0.15, 0.2) is 0 Å². The largest absolute Gasteiger partial charge is 0.457 e. The number of ether oxygens (including phenoxy) is 1. The lowest BCUT2D eigenvalue weighted by Crippen LogP contribution is -2.34. The molecule has 0 aromatic heterocycles. The first-order valence-electron chi connectivity index (χ1n) is 10.8. The number of aryl methyl sites for hydroxylation is 1. The number of rotatable bonds is 9. The van der Waals surface area contributed by atoms with E-state index in [4.69, 9.17) is 4.74 Å². The van der Waals surface area contributed by atoms with E-state index in [-0.39, 0.29) is 16.4 Å². The number of hydrogen-bond acceptors (Lipinski definition) is 5. The summed E-state index contributed by atoms with van der Waals surface area (Å²) in [6.07, 6.45) is 5.78. The zero-order valence-electron chi connectivity index (χ0n) is 17.8. The molecular weight excluding hydrogens is 380 g/mol. The third-order valence-corrected chi connectivity index (χ3v) is 5.72. The minimum absolute atomic E-state index is 0.121. The Kier molecular flexibility index (Phi) is 7.44. The van der Waals surface area contributed by atoms with E-state index in [1.807, 2.05) is 24.3 Å². The smallest absolute Gasteiger partial charge is 0.292 e. The van der Waals surface area contributed by atoms with Crippen LogP contribution in [-0.4, -0.2) is 23.8 Å². The van der Waals surface area contributed by atoms with Crippen molar-refractivity contribution >= 4 is 17.2 Å². The van der Waals surface area contributed by atoms with Crippen LogP contribution in [0, 0.1) is 16.0 Å². The van der Waals surface area contributed by atoms with E-state index in [1.165, 1.54) is 18.9 Å². The Bertz CT molecular complexity index is 871. The van der Waals surface area contributed by atoms with Gasteiger partial charge in [0.05, 0.1) is 4.92 Å². The van der Waals surface area contributed by atoms with Crippen LogP contribution in [0.2, 0.25) is 0 Å². The maximum Gasteiger partial charge on any atom is 0.292 e. The maximum absolute atomic E-state index is 11.6. The zero-order valence-corrected chi connectivity index (χ0v) is 17.8. The van der Waals surface area contributed by atoms with Crippen molar-refractivity contribution in [2.75, 3.05) is 18.0 Å². The van der Waals surface area contributed by atoms with E-state index in [0.717, 1.165) is 31.5 Å². The standard InChI is InChI=1S/C24H30N2O4/c1-3-4-19-13-15-25(16-14-19)24-17-22(11-12-23(24)26(28)29)30-21-9-7-20(8-10-21)6-5-18(2)27/h7-12,17,19H,3-6,13-16H2,1-2H3. The molecule has 1 fully saturated rings. The lowest BCUT2D eigenvalue weighted by atomic mass is 9.92. The van der Waals surface area contributed by atoms with Crippen molar-refractivity contribution in [2.24, 2.45) is 5.92 Å². The Morgan fingerprint density at radius 3 is 2.40 bits per heavy atom. The number of anilines is 1. The monoisotopic (exact) mass is 410 g/mol. The molecule has 0 spiro atoms. The molecule has 2 aromatic carbocycles. The van der Waals surface area contributed by atoms with Crippen LogP contribution in [0.15, 0.2) is 42.5 Å². The van der Waals surface area contributed by atoms with Crippen LogP contribution in [0.3, 0.4) is 0 Å². The summed E-state index contributed by atoms with van der Waals surface area (Å²) in [6, 6.07) is 12.6. The van der Waals surface area contributed by atoms with Gasteiger partial charge in [-0.05, 0) is 55.9 Å². The fourth-order valence-corrected chi connectivity index (χ4v) is 4.03. The lowest BCUT2D eigenvalue weighted by Gasteiger charge is -2.33. The van der Waals surface area contributed by atoms with Gasteiger partial charge in [0.25, 0.3) is 5.69 Å². The first-order chi connectivity index (χ1) is 14.5. The fraction of sp³-hybridized carbons (Fsp3) is 0.458. The van der Waals surface area contributed by atoms with E-state index in [1.54, 1.807) is 19.1 Å². The molecule has 0 radical (unpaired) electrons. The predicted octanol–water partition coefficient (Wildman–Crippen LogP) is 5.93. The molecule has 6 nitrogen and oxygen atoms in total. The van der Waals surface area contributed by atoms with E-state index >= 15 is 0 Å². The van der Waals surface area contributed by atoms with Crippen LogP contribution in [0.25, 0.3) is 0 Å². The fourth-order valence-electron chi connectivity index (χ4n) is 4.03. The Morgan fingerprint density at radius 1 is 1.13 bits per heavy atom. The molecule has 0 amide bonds. The zero-order chi connectivity index (χ0) is 21.5. The van der Waals surface area contributed by atoms with Crippen LogP contribution < -0.4 is 9.64 Å². The topological polar surface area (TPSA) is 72.7 Å².